The third kappa shape index (κ3) is 3.17. The summed E-state index contributed by atoms with van der Waals surface area (Å²) in [6, 6.07) is 17.8. The molecule has 0 amide bonds. The van der Waals surface area contributed by atoms with Crippen molar-refractivity contribution in [1.29, 1.82) is 0 Å². The molecule has 0 aliphatic rings. The number of aliphatic hydroxyl groups is 1. The Labute approximate surface area is 119 Å². The van der Waals surface area contributed by atoms with Gasteiger partial charge in [0.2, 0.25) is 0 Å². The van der Waals surface area contributed by atoms with Crippen molar-refractivity contribution in [3.05, 3.63) is 70.7 Å². The molecule has 0 saturated carbocycles. The smallest absolute Gasteiger partial charge is 0.0672 e. The normalized spacial score (nSPS) is 13.3. The highest BCUT2D eigenvalue weighted by Crippen LogP contribution is 2.30. The quantitative estimate of drug-likeness (QED) is 0.885. The molecule has 0 radical (unpaired) electrons. The molecule has 2 aromatic carbocycles. The first kappa shape index (κ1) is 14.1. The highest BCUT2D eigenvalue weighted by atomic mass is 35.5. The lowest BCUT2D eigenvalue weighted by molar-refractivity contribution is 0.1000. The van der Waals surface area contributed by atoms with Gasteiger partial charge in [-0.15, -0.1) is 0 Å². The van der Waals surface area contributed by atoms with Crippen LogP contribution in [0.5, 0.6) is 0 Å². The van der Waals surface area contributed by atoms with Gasteiger partial charge in [0, 0.05) is 16.9 Å². The van der Waals surface area contributed by atoms with Crippen molar-refractivity contribution >= 4 is 11.6 Å². The summed E-state index contributed by atoms with van der Waals surface area (Å²) in [4.78, 5) is 0. The molecular weight excluding hydrogens is 256 g/mol. The minimum absolute atomic E-state index is 0.305. The molecule has 0 aliphatic heterocycles. The number of hydrogen-bond acceptors (Lipinski definition) is 1. The van der Waals surface area contributed by atoms with Crippen molar-refractivity contribution in [2.45, 2.75) is 31.8 Å². The summed E-state index contributed by atoms with van der Waals surface area (Å²) < 4.78 is 0. The lowest BCUT2D eigenvalue weighted by Crippen LogP contribution is -2.35. The molecule has 0 spiro atoms. The maximum atomic E-state index is 10.5. The summed E-state index contributed by atoms with van der Waals surface area (Å²) >= 11 is 6.15. The summed E-state index contributed by atoms with van der Waals surface area (Å²) in [5.74, 6) is 0. The second-order valence-electron chi connectivity index (χ2n) is 5.40. The molecule has 0 aromatic heterocycles. The molecule has 1 atom stereocenters. The molecule has 100 valence electrons. The van der Waals surface area contributed by atoms with E-state index < -0.39 is 6.10 Å². The van der Waals surface area contributed by atoms with Gasteiger partial charge in [0.1, 0.15) is 0 Å². The molecule has 0 bridgehead atoms. The Morgan fingerprint density at radius 1 is 1.00 bits per heavy atom. The summed E-state index contributed by atoms with van der Waals surface area (Å²) in [5, 5.41) is 11.3. The van der Waals surface area contributed by atoms with Crippen molar-refractivity contribution in [2.75, 3.05) is 0 Å². The first-order chi connectivity index (χ1) is 9.01. The van der Waals surface area contributed by atoms with E-state index in [1.54, 1.807) is 0 Å². The van der Waals surface area contributed by atoms with Gasteiger partial charge in [-0.25, -0.2) is 0 Å². The van der Waals surface area contributed by atoms with Crippen LogP contribution in [0.15, 0.2) is 54.6 Å². The summed E-state index contributed by atoms with van der Waals surface area (Å²) in [6.45, 7) is 4.12. The topological polar surface area (TPSA) is 20.2 Å². The van der Waals surface area contributed by atoms with Crippen LogP contribution in [0.4, 0.5) is 0 Å². The molecule has 0 aliphatic carbocycles. The fourth-order valence-electron chi connectivity index (χ4n) is 2.19. The Bertz CT molecular complexity index is 534. The third-order valence-electron chi connectivity index (χ3n) is 3.72. The fourth-order valence-corrected chi connectivity index (χ4v) is 2.40. The van der Waals surface area contributed by atoms with Crippen molar-refractivity contribution in [3.8, 4) is 0 Å². The first-order valence-corrected chi connectivity index (χ1v) is 6.86. The van der Waals surface area contributed by atoms with Crippen LogP contribution < -0.4 is 0 Å². The van der Waals surface area contributed by atoms with Gasteiger partial charge in [-0.2, -0.15) is 0 Å². The molecule has 19 heavy (non-hydrogen) atoms. The van der Waals surface area contributed by atoms with Gasteiger partial charge in [-0.3, -0.25) is 0 Å². The van der Waals surface area contributed by atoms with Gasteiger partial charge >= 0.3 is 0 Å². The Morgan fingerprint density at radius 2 is 1.58 bits per heavy atom. The number of rotatable bonds is 4. The lowest BCUT2D eigenvalue weighted by atomic mass is 9.77. The predicted octanol–water partition coefficient (Wildman–Crippen LogP) is 4.22. The van der Waals surface area contributed by atoms with Crippen LogP contribution in [0.1, 0.15) is 25.0 Å². The Kier molecular flexibility index (Phi) is 4.28. The van der Waals surface area contributed by atoms with Crippen LogP contribution in [0.2, 0.25) is 5.02 Å². The standard InChI is InChI=1S/C17H19ClO/c1-17(2,14-9-4-3-5-10-14)16(19)12-13-8-6-7-11-15(13)18/h3-11,16,19H,12H2,1-2H3. The second kappa shape index (κ2) is 5.77. The number of benzene rings is 2. The summed E-state index contributed by atoms with van der Waals surface area (Å²) in [7, 11) is 0. The third-order valence-corrected chi connectivity index (χ3v) is 4.09. The van der Waals surface area contributed by atoms with Gasteiger partial charge in [-0.1, -0.05) is 74.0 Å². The molecule has 1 unspecified atom stereocenters. The highest BCUT2D eigenvalue weighted by molar-refractivity contribution is 6.31. The molecule has 0 saturated heterocycles. The maximum absolute atomic E-state index is 10.5. The van der Waals surface area contributed by atoms with Crippen LogP contribution in [0.3, 0.4) is 0 Å². The van der Waals surface area contributed by atoms with E-state index in [-0.39, 0.29) is 5.41 Å². The molecule has 1 nitrogen and oxygen atoms in total. The zero-order chi connectivity index (χ0) is 13.9. The SMILES string of the molecule is CC(C)(c1ccccc1)C(O)Cc1ccccc1Cl. The van der Waals surface area contributed by atoms with E-state index in [1.165, 1.54) is 0 Å². The van der Waals surface area contributed by atoms with E-state index >= 15 is 0 Å². The van der Waals surface area contributed by atoms with Gasteiger partial charge < -0.3 is 5.11 Å². The van der Waals surface area contributed by atoms with E-state index in [0.29, 0.717) is 11.4 Å². The molecule has 2 rings (SSSR count). The van der Waals surface area contributed by atoms with Crippen molar-refractivity contribution in [1.82, 2.24) is 0 Å². The van der Waals surface area contributed by atoms with E-state index in [1.807, 2.05) is 42.5 Å². The summed E-state index contributed by atoms with van der Waals surface area (Å²) in [5.41, 5.74) is 1.82. The fraction of sp³-hybridized carbons (Fsp3) is 0.294. The van der Waals surface area contributed by atoms with Crippen LogP contribution in [0, 0.1) is 0 Å². The van der Waals surface area contributed by atoms with E-state index in [9.17, 15) is 5.11 Å². The zero-order valence-corrected chi connectivity index (χ0v) is 12.1. The monoisotopic (exact) mass is 274 g/mol. The van der Waals surface area contributed by atoms with E-state index in [4.69, 9.17) is 11.6 Å². The minimum Gasteiger partial charge on any atom is -0.392 e. The highest BCUT2D eigenvalue weighted by Gasteiger charge is 2.30. The van der Waals surface area contributed by atoms with Gasteiger partial charge in [0.25, 0.3) is 0 Å². The first-order valence-electron chi connectivity index (χ1n) is 6.49. The van der Waals surface area contributed by atoms with Crippen LogP contribution >= 0.6 is 11.6 Å². The zero-order valence-electron chi connectivity index (χ0n) is 11.3. The average Bonchev–Trinajstić information content (AvgIpc) is 2.42. The van der Waals surface area contributed by atoms with E-state index in [0.717, 1.165) is 11.1 Å². The van der Waals surface area contributed by atoms with Crippen LogP contribution in [-0.2, 0) is 11.8 Å². The second-order valence-corrected chi connectivity index (χ2v) is 5.81. The number of halogens is 1. The number of hydrogen-bond donors (Lipinski definition) is 1. The summed E-state index contributed by atoms with van der Waals surface area (Å²) in [6.07, 6.45) is 0.0801. The van der Waals surface area contributed by atoms with Crippen molar-refractivity contribution in [2.24, 2.45) is 0 Å². The molecule has 2 heteroatoms. The number of aliphatic hydroxyl groups excluding tert-OH is 1. The molecular formula is C17H19ClO. The predicted molar refractivity (Wildman–Crippen MR) is 80.6 cm³/mol. The van der Waals surface area contributed by atoms with Gasteiger partial charge in [0.15, 0.2) is 0 Å². The molecule has 1 N–H and O–H groups in total. The molecule has 0 fully saturated rings. The van der Waals surface area contributed by atoms with Gasteiger partial charge in [-0.05, 0) is 17.2 Å². The molecule has 2 aromatic rings. The van der Waals surface area contributed by atoms with E-state index in [2.05, 4.69) is 26.0 Å². The van der Waals surface area contributed by atoms with Crippen molar-refractivity contribution < 1.29 is 5.11 Å². The Hall–Kier alpha value is -1.31. The lowest BCUT2D eigenvalue weighted by Gasteiger charge is -2.31. The van der Waals surface area contributed by atoms with Crippen LogP contribution in [-0.4, -0.2) is 11.2 Å². The Morgan fingerprint density at radius 3 is 2.21 bits per heavy atom. The average molecular weight is 275 g/mol. The van der Waals surface area contributed by atoms with Crippen LogP contribution in [0.25, 0.3) is 0 Å². The molecule has 0 heterocycles. The Balaban J connectivity index is 2.20. The van der Waals surface area contributed by atoms with Gasteiger partial charge in [0.05, 0.1) is 6.10 Å². The maximum Gasteiger partial charge on any atom is 0.0672 e. The largest absolute Gasteiger partial charge is 0.392 e. The van der Waals surface area contributed by atoms with Crippen molar-refractivity contribution in [3.63, 3.8) is 0 Å². The minimum atomic E-state index is -0.477.